The lowest BCUT2D eigenvalue weighted by molar-refractivity contribution is 0.669. The van der Waals surface area contributed by atoms with E-state index in [1.165, 1.54) is 20.2 Å². The lowest BCUT2D eigenvalue weighted by Crippen LogP contribution is -2.00. The molecule has 0 aliphatic heterocycles. The van der Waals surface area contributed by atoms with Gasteiger partial charge in [-0.15, -0.1) is 11.3 Å². The summed E-state index contributed by atoms with van der Waals surface area (Å²) in [7, 11) is 0. The Kier molecular flexibility index (Phi) is 7.03. The Bertz CT molecular complexity index is 3470. The highest BCUT2D eigenvalue weighted by molar-refractivity contribution is 7.25. The zero-order valence-electron chi connectivity index (χ0n) is 30.3. The fraction of sp³-hybridized carbons (Fsp3) is 0. The van der Waals surface area contributed by atoms with E-state index in [0.717, 1.165) is 82.8 Å². The molecule has 0 unspecified atom stereocenters. The molecule has 0 amide bonds. The van der Waals surface area contributed by atoms with Crippen molar-refractivity contribution >= 4 is 75.4 Å². The van der Waals surface area contributed by atoms with Crippen molar-refractivity contribution in [3.8, 4) is 56.4 Å². The van der Waals surface area contributed by atoms with Crippen LogP contribution in [0.4, 0.5) is 0 Å². The van der Waals surface area contributed by atoms with Crippen molar-refractivity contribution in [3.63, 3.8) is 0 Å². The molecule has 0 N–H and O–H groups in total. The average molecular weight is 748 g/mol. The first-order chi connectivity index (χ1) is 28.2. The van der Waals surface area contributed by atoms with Gasteiger partial charge in [0.05, 0.1) is 0 Å². The number of para-hydroxylation sites is 1. The highest BCUT2D eigenvalue weighted by atomic mass is 32.1. The molecule has 4 aromatic heterocycles. The number of rotatable bonds is 5. The molecule has 266 valence electrons. The van der Waals surface area contributed by atoms with Crippen molar-refractivity contribution in [1.82, 2.24) is 15.0 Å². The van der Waals surface area contributed by atoms with E-state index in [9.17, 15) is 0 Å². The quantitative estimate of drug-likeness (QED) is 0.175. The van der Waals surface area contributed by atoms with Gasteiger partial charge in [0, 0.05) is 64.0 Å². The van der Waals surface area contributed by atoms with Crippen LogP contribution in [0.2, 0.25) is 0 Å². The lowest BCUT2D eigenvalue weighted by atomic mass is 9.89. The van der Waals surface area contributed by atoms with E-state index in [1.807, 2.05) is 96.3 Å². The van der Waals surface area contributed by atoms with Gasteiger partial charge in [-0.25, -0.2) is 15.0 Å². The molecule has 12 rings (SSSR count). The first kappa shape index (κ1) is 31.9. The number of hydrogen-bond acceptors (Lipinski definition) is 6. The molecule has 0 atom stereocenters. The van der Waals surface area contributed by atoms with Gasteiger partial charge in [-0.05, 0) is 59.2 Å². The van der Waals surface area contributed by atoms with E-state index in [1.54, 1.807) is 0 Å². The maximum absolute atomic E-state index is 6.58. The summed E-state index contributed by atoms with van der Waals surface area (Å²) in [5, 5.41) is 6.67. The highest BCUT2D eigenvalue weighted by Gasteiger charge is 2.22. The number of thiophene rings is 1. The summed E-state index contributed by atoms with van der Waals surface area (Å²) in [4.78, 5) is 15.2. The Hall–Kier alpha value is -7.41. The molecule has 5 nitrogen and oxygen atoms in total. The molecule has 0 fully saturated rings. The minimum Gasteiger partial charge on any atom is -0.456 e. The zero-order chi connectivity index (χ0) is 37.5. The van der Waals surface area contributed by atoms with Gasteiger partial charge < -0.3 is 8.83 Å². The summed E-state index contributed by atoms with van der Waals surface area (Å²) in [6, 6.07) is 60.9. The molecular weight excluding hydrogens is 719 g/mol. The molecule has 57 heavy (non-hydrogen) atoms. The van der Waals surface area contributed by atoms with E-state index in [0.29, 0.717) is 17.5 Å². The summed E-state index contributed by atoms with van der Waals surface area (Å²) < 4.78 is 15.6. The Balaban J connectivity index is 1.11. The van der Waals surface area contributed by atoms with Gasteiger partial charge in [0.15, 0.2) is 17.5 Å². The predicted molar refractivity (Wildman–Crippen MR) is 234 cm³/mol. The standard InChI is InChI=1S/C51H29N3O2S/c1-3-12-30(13-4-1)49-52-50(31-14-5-2-6-15-31)54-51(53-49)38-18-11-20-42-47(38)39-28-33(23-26-41(39)56-42)46-34(25-27-43-48(46)37-17-7-9-19-40(37)55-43)32-22-24-36-35-16-8-10-21-44(35)57-45(36)29-32/h1-29H. The van der Waals surface area contributed by atoms with Gasteiger partial charge in [0.1, 0.15) is 22.3 Å². The summed E-state index contributed by atoms with van der Waals surface area (Å²) in [6.45, 7) is 0. The Labute approximate surface area is 330 Å². The van der Waals surface area contributed by atoms with Crippen LogP contribution in [0.5, 0.6) is 0 Å². The second kappa shape index (κ2) is 12.6. The molecule has 0 aliphatic rings. The Morgan fingerprint density at radius 2 is 0.930 bits per heavy atom. The molecule has 0 saturated carbocycles. The van der Waals surface area contributed by atoms with Gasteiger partial charge in [0.2, 0.25) is 0 Å². The van der Waals surface area contributed by atoms with Crippen molar-refractivity contribution in [2.75, 3.05) is 0 Å². The van der Waals surface area contributed by atoms with Crippen molar-refractivity contribution in [2.24, 2.45) is 0 Å². The predicted octanol–water partition coefficient (Wildman–Crippen LogP) is 14.4. The molecule has 0 bridgehead atoms. The van der Waals surface area contributed by atoms with Gasteiger partial charge in [-0.1, -0.05) is 133 Å². The first-order valence-corrected chi connectivity index (χ1v) is 19.7. The van der Waals surface area contributed by atoms with E-state index in [2.05, 4.69) is 91.0 Å². The van der Waals surface area contributed by atoms with Gasteiger partial charge >= 0.3 is 0 Å². The van der Waals surface area contributed by atoms with Crippen molar-refractivity contribution < 1.29 is 8.83 Å². The van der Waals surface area contributed by atoms with Gasteiger partial charge in [-0.2, -0.15) is 0 Å². The normalized spacial score (nSPS) is 11.9. The number of furan rings is 2. The summed E-state index contributed by atoms with van der Waals surface area (Å²) in [5.41, 5.74) is 10.5. The number of nitrogens with zero attached hydrogens (tertiary/aromatic N) is 3. The van der Waals surface area contributed by atoms with Crippen LogP contribution >= 0.6 is 11.3 Å². The third-order valence-corrected chi connectivity index (χ3v) is 12.1. The molecule has 0 aliphatic carbocycles. The van der Waals surface area contributed by atoms with Crippen LogP contribution in [0.15, 0.2) is 185 Å². The zero-order valence-corrected chi connectivity index (χ0v) is 31.1. The molecule has 0 spiro atoms. The maximum atomic E-state index is 6.58. The molecule has 0 radical (unpaired) electrons. The fourth-order valence-corrected chi connectivity index (χ4v) is 9.49. The SMILES string of the molecule is c1ccc(-c2nc(-c3ccccc3)nc(-c3cccc4oc5ccc(-c6c(-c7ccc8c(c7)sc7ccccc78)ccc7oc8ccccc8c67)cc5c34)n2)cc1. The third kappa shape index (κ3) is 5.12. The highest BCUT2D eigenvalue weighted by Crippen LogP contribution is 2.46. The maximum Gasteiger partial charge on any atom is 0.164 e. The number of benzene rings is 8. The molecule has 0 saturated heterocycles. The fourth-order valence-electron chi connectivity index (χ4n) is 8.35. The summed E-state index contributed by atoms with van der Waals surface area (Å²) >= 11 is 1.84. The van der Waals surface area contributed by atoms with Crippen LogP contribution in [-0.4, -0.2) is 15.0 Å². The monoisotopic (exact) mass is 747 g/mol. The van der Waals surface area contributed by atoms with E-state index < -0.39 is 0 Å². The van der Waals surface area contributed by atoms with Crippen molar-refractivity contribution in [3.05, 3.63) is 176 Å². The topological polar surface area (TPSA) is 65.0 Å². The Morgan fingerprint density at radius 1 is 0.333 bits per heavy atom. The van der Waals surface area contributed by atoms with Crippen LogP contribution in [0, 0.1) is 0 Å². The minimum atomic E-state index is 0.585. The van der Waals surface area contributed by atoms with Crippen LogP contribution < -0.4 is 0 Å². The summed E-state index contributed by atoms with van der Waals surface area (Å²) in [6.07, 6.45) is 0. The molecule has 4 heterocycles. The van der Waals surface area contributed by atoms with E-state index in [4.69, 9.17) is 23.8 Å². The second-order valence-electron chi connectivity index (χ2n) is 14.3. The minimum absolute atomic E-state index is 0.585. The number of fused-ring (bicyclic) bond motifs is 9. The number of aromatic nitrogens is 3. The van der Waals surface area contributed by atoms with E-state index >= 15 is 0 Å². The first-order valence-electron chi connectivity index (χ1n) is 18.9. The van der Waals surface area contributed by atoms with Crippen LogP contribution in [0.3, 0.4) is 0 Å². The molecular formula is C51H29N3O2S. The summed E-state index contributed by atoms with van der Waals surface area (Å²) in [5.74, 6) is 1.81. The third-order valence-electron chi connectivity index (χ3n) is 11.0. The number of hydrogen-bond donors (Lipinski definition) is 0. The van der Waals surface area contributed by atoms with Crippen molar-refractivity contribution in [2.45, 2.75) is 0 Å². The average Bonchev–Trinajstić information content (AvgIpc) is 3.97. The lowest BCUT2D eigenvalue weighted by Gasteiger charge is -2.13. The molecule has 8 aromatic carbocycles. The molecule has 12 aromatic rings. The van der Waals surface area contributed by atoms with Crippen molar-refractivity contribution in [1.29, 1.82) is 0 Å². The van der Waals surface area contributed by atoms with Crippen LogP contribution in [0.25, 0.3) is 120 Å². The molecule has 6 heteroatoms. The van der Waals surface area contributed by atoms with E-state index in [-0.39, 0.29) is 0 Å². The van der Waals surface area contributed by atoms with Crippen LogP contribution in [0.1, 0.15) is 0 Å². The van der Waals surface area contributed by atoms with Gasteiger partial charge in [-0.3, -0.25) is 0 Å². The van der Waals surface area contributed by atoms with Gasteiger partial charge in [0.25, 0.3) is 0 Å². The Morgan fingerprint density at radius 3 is 1.72 bits per heavy atom. The smallest absolute Gasteiger partial charge is 0.164 e. The largest absolute Gasteiger partial charge is 0.456 e. The van der Waals surface area contributed by atoms with Crippen LogP contribution in [-0.2, 0) is 0 Å². The second-order valence-corrected chi connectivity index (χ2v) is 15.4.